The molecule has 4 rings (SSSR count). The molecule has 1 saturated heterocycles. The smallest absolute Gasteiger partial charge is 0.326 e. The quantitative estimate of drug-likeness (QED) is 0.261. The highest BCUT2D eigenvalue weighted by molar-refractivity contribution is 7.89. The molecule has 1 fully saturated rings. The summed E-state index contributed by atoms with van der Waals surface area (Å²) in [5.41, 5.74) is 1.50. The molecule has 214 valence electrons. The summed E-state index contributed by atoms with van der Waals surface area (Å²) in [5, 5.41) is 18.6. The largest absolute Gasteiger partial charge is 0.480 e. The first-order chi connectivity index (χ1) is 19.2. The van der Waals surface area contributed by atoms with Gasteiger partial charge in [-0.1, -0.05) is 42.5 Å². The van der Waals surface area contributed by atoms with Gasteiger partial charge in [-0.3, -0.25) is 14.6 Å². The molecule has 2 aromatic carbocycles. The van der Waals surface area contributed by atoms with Crippen molar-refractivity contribution in [3.63, 3.8) is 0 Å². The SMILES string of the molecule is O=C(CCCNC1=NCCN1)Cc1ccc(C[C@H](NC(=O)[C@@H]2CCCN2S(=O)(=O)c2ccccc2)C(=O)O)cc1. The molecule has 1 amide bonds. The Morgan fingerprint density at radius 2 is 1.80 bits per heavy atom. The van der Waals surface area contributed by atoms with Crippen LogP contribution in [-0.4, -0.2) is 79.7 Å². The monoisotopic (exact) mass is 569 g/mol. The van der Waals surface area contributed by atoms with Gasteiger partial charge in [0.25, 0.3) is 0 Å². The van der Waals surface area contributed by atoms with Crippen molar-refractivity contribution in [2.75, 3.05) is 26.2 Å². The summed E-state index contributed by atoms with van der Waals surface area (Å²) in [5.74, 6) is -0.956. The number of nitrogens with zero attached hydrogens (tertiary/aromatic N) is 2. The number of carboxylic acid groups (broad SMARTS) is 1. The van der Waals surface area contributed by atoms with Crippen LogP contribution in [0.25, 0.3) is 0 Å². The van der Waals surface area contributed by atoms with Crippen molar-refractivity contribution in [3.05, 3.63) is 65.7 Å². The highest BCUT2D eigenvalue weighted by Gasteiger charge is 2.40. The number of aliphatic imine (C=N–C) groups is 1. The van der Waals surface area contributed by atoms with Crippen molar-refractivity contribution in [1.82, 2.24) is 20.3 Å². The lowest BCUT2D eigenvalue weighted by molar-refractivity contribution is -0.142. The summed E-state index contributed by atoms with van der Waals surface area (Å²) in [7, 11) is -3.89. The topological polar surface area (TPSA) is 157 Å². The van der Waals surface area contributed by atoms with Crippen LogP contribution in [0.2, 0.25) is 0 Å². The molecule has 0 aliphatic carbocycles. The maximum Gasteiger partial charge on any atom is 0.326 e. The van der Waals surface area contributed by atoms with E-state index in [-0.39, 0.29) is 30.1 Å². The number of rotatable bonds is 13. The summed E-state index contributed by atoms with van der Waals surface area (Å²) in [4.78, 5) is 41.7. The molecular formula is C28H35N5O6S. The van der Waals surface area contributed by atoms with E-state index in [9.17, 15) is 27.9 Å². The number of hydrogen-bond acceptors (Lipinski definition) is 8. The van der Waals surface area contributed by atoms with E-state index in [2.05, 4.69) is 20.9 Å². The number of guanidine groups is 1. The lowest BCUT2D eigenvalue weighted by Crippen LogP contribution is -2.51. The van der Waals surface area contributed by atoms with Crippen LogP contribution in [-0.2, 0) is 37.2 Å². The van der Waals surface area contributed by atoms with Crippen molar-refractivity contribution in [2.45, 2.75) is 55.5 Å². The number of hydrogen-bond donors (Lipinski definition) is 4. The molecule has 2 atom stereocenters. The van der Waals surface area contributed by atoms with Crippen LogP contribution in [0.5, 0.6) is 0 Å². The van der Waals surface area contributed by atoms with Crippen LogP contribution in [0.15, 0.2) is 64.5 Å². The van der Waals surface area contributed by atoms with E-state index in [1.54, 1.807) is 42.5 Å². The summed E-state index contributed by atoms with van der Waals surface area (Å²) in [6.45, 7) is 2.44. The normalized spacial score (nSPS) is 18.0. The second kappa shape index (κ2) is 13.5. The molecule has 0 spiro atoms. The number of amides is 1. The second-order valence-corrected chi connectivity index (χ2v) is 11.8. The maximum absolute atomic E-state index is 13.1. The second-order valence-electron chi connectivity index (χ2n) is 9.91. The number of ketones is 1. The Labute approximate surface area is 234 Å². The van der Waals surface area contributed by atoms with Gasteiger partial charge < -0.3 is 21.1 Å². The fourth-order valence-electron chi connectivity index (χ4n) is 4.84. The minimum atomic E-state index is -3.89. The average Bonchev–Trinajstić information content (AvgIpc) is 3.65. The fraction of sp³-hybridized carbons (Fsp3) is 0.429. The maximum atomic E-state index is 13.1. The Balaban J connectivity index is 1.29. The predicted molar refractivity (Wildman–Crippen MR) is 149 cm³/mol. The average molecular weight is 570 g/mol. The van der Waals surface area contributed by atoms with E-state index in [0.29, 0.717) is 37.8 Å². The molecule has 11 nitrogen and oxygen atoms in total. The molecule has 0 bridgehead atoms. The number of sulfonamides is 1. The minimum absolute atomic E-state index is 0.0248. The third-order valence-electron chi connectivity index (χ3n) is 6.93. The van der Waals surface area contributed by atoms with Crippen molar-refractivity contribution in [2.24, 2.45) is 4.99 Å². The van der Waals surface area contributed by atoms with Gasteiger partial charge in [0.05, 0.1) is 11.4 Å². The molecule has 2 aliphatic heterocycles. The Hall–Kier alpha value is -3.77. The minimum Gasteiger partial charge on any atom is -0.480 e. The first-order valence-electron chi connectivity index (χ1n) is 13.5. The first kappa shape index (κ1) is 29.2. The van der Waals surface area contributed by atoms with Gasteiger partial charge in [-0.25, -0.2) is 13.2 Å². The van der Waals surface area contributed by atoms with Crippen LogP contribution in [0, 0.1) is 0 Å². The third kappa shape index (κ3) is 7.66. The number of carbonyl (C=O) groups is 3. The molecule has 0 unspecified atom stereocenters. The van der Waals surface area contributed by atoms with Crippen molar-refractivity contribution in [1.29, 1.82) is 0 Å². The van der Waals surface area contributed by atoms with Crippen LogP contribution < -0.4 is 16.0 Å². The third-order valence-corrected chi connectivity index (χ3v) is 8.86. The predicted octanol–water partition coefficient (Wildman–Crippen LogP) is 1.09. The summed E-state index contributed by atoms with van der Waals surface area (Å²) in [6.07, 6.45) is 2.26. The standard InChI is InChI=1S/C28H35N5O6S/c34-22(6-4-14-29-28-30-15-16-31-28)18-20-10-12-21(13-11-20)19-24(27(36)37)32-26(35)25-9-5-17-33(25)40(38,39)23-7-2-1-3-8-23/h1-3,7-8,10-13,24-25H,4-6,9,14-19H2,(H,32,35)(H,36,37)(H2,29,30,31)/t24-,25-/m0/s1. The fourth-order valence-corrected chi connectivity index (χ4v) is 6.52. The Bertz CT molecular complexity index is 1330. The number of carbonyl (C=O) groups excluding carboxylic acids is 2. The van der Waals surface area contributed by atoms with E-state index < -0.39 is 34.0 Å². The van der Waals surface area contributed by atoms with Gasteiger partial charge in [-0.15, -0.1) is 0 Å². The highest BCUT2D eigenvalue weighted by atomic mass is 32.2. The molecule has 2 aliphatic rings. The number of aliphatic carboxylic acids is 1. The Morgan fingerprint density at radius 3 is 2.48 bits per heavy atom. The molecule has 12 heteroatoms. The first-order valence-corrected chi connectivity index (χ1v) is 14.9. The summed E-state index contributed by atoms with van der Waals surface area (Å²) >= 11 is 0. The van der Waals surface area contributed by atoms with Gasteiger partial charge >= 0.3 is 5.97 Å². The molecule has 2 heterocycles. The molecular weight excluding hydrogens is 534 g/mol. The number of carboxylic acids is 1. The zero-order valence-electron chi connectivity index (χ0n) is 22.2. The Kier molecular flexibility index (Phi) is 9.88. The van der Waals surface area contributed by atoms with Crippen molar-refractivity contribution < 1.29 is 27.9 Å². The van der Waals surface area contributed by atoms with E-state index in [1.807, 2.05) is 0 Å². The molecule has 40 heavy (non-hydrogen) atoms. The zero-order chi connectivity index (χ0) is 28.5. The van der Waals surface area contributed by atoms with Gasteiger partial charge in [0.2, 0.25) is 15.9 Å². The number of Topliss-reactive ketones (excluding diaryl/α,β-unsaturated/α-hetero) is 1. The lowest BCUT2D eigenvalue weighted by Gasteiger charge is -2.25. The summed E-state index contributed by atoms with van der Waals surface area (Å²) in [6, 6.07) is 12.8. The number of nitrogens with one attached hydrogen (secondary N) is 3. The number of benzene rings is 2. The van der Waals surface area contributed by atoms with E-state index in [0.717, 1.165) is 28.9 Å². The highest BCUT2D eigenvalue weighted by Crippen LogP contribution is 2.26. The van der Waals surface area contributed by atoms with E-state index in [1.165, 1.54) is 12.1 Å². The van der Waals surface area contributed by atoms with Gasteiger partial charge in [0.15, 0.2) is 5.96 Å². The van der Waals surface area contributed by atoms with E-state index >= 15 is 0 Å². The van der Waals surface area contributed by atoms with Crippen molar-refractivity contribution >= 4 is 33.6 Å². The lowest BCUT2D eigenvalue weighted by atomic mass is 10.0. The Morgan fingerprint density at radius 1 is 1.07 bits per heavy atom. The molecule has 4 N–H and O–H groups in total. The van der Waals surface area contributed by atoms with Gasteiger partial charge in [0.1, 0.15) is 17.9 Å². The molecule has 2 aromatic rings. The van der Waals surface area contributed by atoms with Crippen LogP contribution in [0.3, 0.4) is 0 Å². The molecule has 0 aromatic heterocycles. The van der Waals surface area contributed by atoms with Gasteiger partial charge in [-0.2, -0.15) is 4.31 Å². The zero-order valence-corrected chi connectivity index (χ0v) is 23.0. The molecule has 0 radical (unpaired) electrons. The van der Waals surface area contributed by atoms with Gasteiger partial charge in [0, 0.05) is 38.9 Å². The summed E-state index contributed by atoms with van der Waals surface area (Å²) < 4.78 is 27.3. The van der Waals surface area contributed by atoms with Crippen LogP contribution in [0.1, 0.15) is 36.8 Å². The van der Waals surface area contributed by atoms with Crippen LogP contribution >= 0.6 is 0 Å². The van der Waals surface area contributed by atoms with Gasteiger partial charge in [-0.05, 0) is 42.5 Å². The molecule has 0 saturated carbocycles. The van der Waals surface area contributed by atoms with Crippen molar-refractivity contribution in [3.8, 4) is 0 Å². The van der Waals surface area contributed by atoms with Crippen LogP contribution in [0.4, 0.5) is 0 Å². The van der Waals surface area contributed by atoms with E-state index in [4.69, 9.17) is 0 Å².